The average molecular weight is 382 g/mol. The van der Waals surface area contributed by atoms with Gasteiger partial charge in [0.25, 0.3) is 0 Å². The van der Waals surface area contributed by atoms with Gasteiger partial charge in [0, 0.05) is 6.54 Å². The summed E-state index contributed by atoms with van der Waals surface area (Å²) in [7, 11) is 3.13. The lowest BCUT2D eigenvalue weighted by Crippen LogP contribution is -2.05. The molecule has 0 aliphatic rings. The van der Waals surface area contributed by atoms with Gasteiger partial charge in [-0.2, -0.15) is 13.2 Å². The summed E-state index contributed by atoms with van der Waals surface area (Å²) in [6.07, 6.45) is -3.74. The fourth-order valence-electron chi connectivity index (χ4n) is 2.84. The first-order chi connectivity index (χ1) is 12.3. The molecule has 1 heterocycles. The summed E-state index contributed by atoms with van der Waals surface area (Å²) in [5.41, 5.74) is 1.32. The van der Waals surface area contributed by atoms with Crippen LogP contribution in [0.25, 0.3) is 11.0 Å². The Morgan fingerprint density at radius 3 is 2.42 bits per heavy atom. The Labute approximate surface area is 153 Å². The second-order valence-electron chi connectivity index (χ2n) is 5.75. The van der Waals surface area contributed by atoms with Crippen molar-refractivity contribution in [3.63, 3.8) is 0 Å². The lowest BCUT2D eigenvalue weighted by atomic mass is 10.1. The Morgan fingerprint density at radius 2 is 1.77 bits per heavy atom. The molecular weight excluding hydrogens is 365 g/mol. The molecule has 0 spiro atoms. The molecule has 1 aromatic heterocycles. The van der Waals surface area contributed by atoms with Crippen molar-refractivity contribution in [2.75, 3.05) is 14.2 Å². The molecule has 0 radical (unpaired) electrons. The van der Waals surface area contributed by atoms with Crippen LogP contribution in [0.5, 0.6) is 11.5 Å². The summed E-state index contributed by atoms with van der Waals surface area (Å²) >= 11 is 5.27. The zero-order valence-corrected chi connectivity index (χ0v) is 15.0. The van der Waals surface area contributed by atoms with Gasteiger partial charge in [0.05, 0.1) is 30.8 Å². The summed E-state index contributed by atoms with van der Waals surface area (Å²) in [6.45, 7) is 0.527. The Morgan fingerprint density at radius 1 is 1.04 bits per heavy atom. The number of halogens is 3. The number of ether oxygens (including phenoxy) is 2. The number of aryl methyl sites for hydroxylation is 2. The SMILES string of the molecule is COc1ccc(CCn2c(=S)[nH]c3cc(C(F)(F)F)ccc32)cc1OC. The first-order valence-corrected chi connectivity index (χ1v) is 8.25. The molecule has 3 aromatic rings. The number of H-pyrrole nitrogens is 1. The Balaban J connectivity index is 1.87. The highest BCUT2D eigenvalue weighted by atomic mass is 32.1. The summed E-state index contributed by atoms with van der Waals surface area (Å²) < 4.78 is 51.3. The molecule has 0 bridgehead atoms. The van der Waals surface area contributed by atoms with Crippen molar-refractivity contribution in [3.8, 4) is 11.5 Å². The van der Waals surface area contributed by atoms with Crippen LogP contribution in [0.4, 0.5) is 13.2 Å². The van der Waals surface area contributed by atoms with Crippen molar-refractivity contribution in [1.82, 2.24) is 9.55 Å². The van der Waals surface area contributed by atoms with E-state index in [-0.39, 0.29) is 0 Å². The number of nitrogens with one attached hydrogen (secondary N) is 1. The predicted molar refractivity (Wildman–Crippen MR) is 95.4 cm³/mol. The third-order valence-corrected chi connectivity index (χ3v) is 4.50. The smallest absolute Gasteiger partial charge is 0.416 e. The number of aromatic amines is 1. The number of benzene rings is 2. The Bertz CT molecular complexity index is 992. The maximum Gasteiger partial charge on any atom is 0.416 e. The number of aromatic nitrogens is 2. The quantitative estimate of drug-likeness (QED) is 0.633. The van der Waals surface area contributed by atoms with Gasteiger partial charge in [-0.15, -0.1) is 0 Å². The van der Waals surface area contributed by atoms with E-state index in [0.717, 1.165) is 17.7 Å². The maximum atomic E-state index is 12.9. The van der Waals surface area contributed by atoms with Crippen LogP contribution in [0.2, 0.25) is 0 Å². The van der Waals surface area contributed by atoms with Gasteiger partial charge < -0.3 is 19.0 Å². The minimum absolute atomic E-state index is 0.372. The molecule has 0 atom stereocenters. The molecule has 0 aliphatic carbocycles. The van der Waals surface area contributed by atoms with Crippen molar-refractivity contribution in [2.45, 2.75) is 19.1 Å². The van der Waals surface area contributed by atoms with Crippen LogP contribution in [0.15, 0.2) is 36.4 Å². The van der Waals surface area contributed by atoms with E-state index in [1.807, 2.05) is 18.2 Å². The van der Waals surface area contributed by atoms with Gasteiger partial charge >= 0.3 is 6.18 Å². The minimum Gasteiger partial charge on any atom is -0.493 e. The van der Waals surface area contributed by atoms with E-state index in [0.29, 0.717) is 40.3 Å². The third-order valence-electron chi connectivity index (χ3n) is 4.17. The zero-order chi connectivity index (χ0) is 18.9. The molecule has 1 N–H and O–H groups in total. The lowest BCUT2D eigenvalue weighted by Gasteiger charge is -2.10. The highest BCUT2D eigenvalue weighted by molar-refractivity contribution is 7.71. The van der Waals surface area contributed by atoms with Crippen molar-refractivity contribution in [2.24, 2.45) is 0 Å². The summed E-state index contributed by atoms with van der Waals surface area (Å²) in [4.78, 5) is 2.85. The first kappa shape index (κ1) is 18.3. The number of hydrogen-bond acceptors (Lipinski definition) is 3. The van der Waals surface area contributed by atoms with E-state index in [9.17, 15) is 13.2 Å². The fourth-order valence-corrected chi connectivity index (χ4v) is 3.14. The molecule has 8 heteroatoms. The fraction of sp³-hybridized carbons (Fsp3) is 0.278. The second kappa shape index (κ2) is 7.03. The number of methoxy groups -OCH3 is 2. The normalized spacial score (nSPS) is 11.7. The number of hydrogen-bond donors (Lipinski definition) is 1. The van der Waals surface area contributed by atoms with Crippen LogP contribution >= 0.6 is 12.2 Å². The van der Waals surface area contributed by atoms with E-state index < -0.39 is 11.7 Å². The van der Waals surface area contributed by atoms with Gasteiger partial charge in [0.1, 0.15) is 0 Å². The molecule has 0 fully saturated rings. The van der Waals surface area contributed by atoms with E-state index in [4.69, 9.17) is 21.7 Å². The molecule has 3 rings (SSSR count). The van der Waals surface area contributed by atoms with Gasteiger partial charge in [-0.05, 0) is 54.5 Å². The van der Waals surface area contributed by atoms with Crippen molar-refractivity contribution >= 4 is 23.3 Å². The van der Waals surface area contributed by atoms with E-state index in [2.05, 4.69) is 4.98 Å². The summed E-state index contributed by atoms with van der Waals surface area (Å²) in [6, 6.07) is 9.20. The van der Waals surface area contributed by atoms with E-state index >= 15 is 0 Å². The lowest BCUT2D eigenvalue weighted by molar-refractivity contribution is -0.137. The molecule has 26 heavy (non-hydrogen) atoms. The Hall–Kier alpha value is -2.48. The minimum atomic E-state index is -4.38. The van der Waals surface area contributed by atoms with Crippen molar-refractivity contribution in [1.29, 1.82) is 0 Å². The third kappa shape index (κ3) is 3.55. The molecular formula is C18H17F3N2O2S. The number of nitrogens with zero attached hydrogens (tertiary/aromatic N) is 1. The second-order valence-corrected chi connectivity index (χ2v) is 6.14. The molecule has 138 valence electrons. The molecule has 4 nitrogen and oxygen atoms in total. The summed E-state index contributed by atoms with van der Waals surface area (Å²) in [5, 5.41) is 0. The van der Waals surface area contributed by atoms with Gasteiger partial charge in [-0.25, -0.2) is 0 Å². The number of rotatable bonds is 5. The van der Waals surface area contributed by atoms with Crippen LogP contribution in [-0.2, 0) is 19.1 Å². The van der Waals surface area contributed by atoms with Crippen LogP contribution in [0.3, 0.4) is 0 Å². The number of imidazole rings is 1. The topological polar surface area (TPSA) is 39.2 Å². The van der Waals surface area contributed by atoms with Gasteiger partial charge in [-0.3, -0.25) is 0 Å². The highest BCUT2D eigenvalue weighted by Gasteiger charge is 2.30. The van der Waals surface area contributed by atoms with Crippen LogP contribution in [0, 0.1) is 4.77 Å². The van der Waals surface area contributed by atoms with E-state index in [1.165, 1.54) is 6.07 Å². The average Bonchev–Trinajstić information content (AvgIpc) is 2.93. The standard InChI is InChI=1S/C18H17F3N2O2S/c1-24-15-6-3-11(9-16(15)25-2)7-8-23-14-5-4-12(18(19,20)21)10-13(14)22-17(23)26/h3-6,9-10H,7-8H2,1-2H3,(H,22,26). The number of alkyl halides is 3. The molecule has 0 saturated carbocycles. The zero-order valence-electron chi connectivity index (χ0n) is 14.2. The molecule has 0 saturated heterocycles. The van der Waals surface area contributed by atoms with Crippen LogP contribution in [-0.4, -0.2) is 23.8 Å². The van der Waals surface area contributed by atoms with Crippen LogP contribution in [0.1, 0.15) is 11.1 Å². The summed E-state index contributed by atoms with van der Waals surface area (Å²) in [5.74, 6) is 1.27. The maximum absolute atomic E-state index is 12.9. The molecule has 2 aromatic carbocycles. The molecule has 0 amide bonds. The van der Waals surface area contributed by atoms with Crippen molar-refractivity contribution in [3.05, 3.63) is 52.3 Å². The van der Waals surface area contributed by atoms with Gasteiger partial charge in [0.15, 0.2) is 16.3 Å². The Kier molecular flexibility index (Phi) is 4.95. The van der Waals surface area contributed by atoms with Crippen LogP contribution < -0.4 is 9.47 Å². The molecule has 0 aliphatic heterocycles. The highest BCUT2D eigenvalue weighted by Crippen LogP contribution is 2.31. The van der Waals surface area contributed by atoms with Crippen molar-refractivity contribution < 1.29 is 22.6 Å². The van der Waals surface area contributed by atoms with E-state index in [1.54, 1.807) is 18.8 Å². The van der Waals surface area contributed by atoms with Gasteiger partial charge in [0.2, 0.25) is 0 Å². The predicted octanol–water partition coefficient (Wildman–Crippen LogP) is 4.98. The monoisotopic (exact) mass is 382 g/mol. The van der Waals surface area contributed by atoms with Gasteiger partial charge in [-0.1, -0.05) is 6.07 Å². The molecule has 0 unspecified atom stereocenters. The first-order valence-electron chi connectivity index (χ1n) is 7.84. The largest absolute Gasteiger partial charge is 0.493 e. The number of fused-ring (bicyclic) bond motifs is 1.